The number of pyridine rings is 1. The monoisotopic (exact) mass is 239 g/mol. The molecule has 1 aromatic rings. The molecular weight excluding hydrogens is 230 g/mol. The minimum Gasteiger partial charge on any atom is -0.369 e. The summed E-state index contributed by atoms with van der Waals surface area (Å²) in [5.74, 6) is -0.978. The number of carbonyl (C=O) groups excluding carboxylic acids is 2. The number of carbonyl (C=O) groups is 2. The molecule has 0 aromatic carbocycles. The van der Waals surface area contributed by atoms with Gasteiger partial charge in [-0.3, -0.25) is 9.59 Å². The molecule has 84 valence electrons. The molecule has 0 radical (unpaired) electrons. The van der Waals surface area contributed by atoms with Crippen LogP contribution >= 0.6 is 11.6 Å². The lowest BCUT2D eigenvalue weighted by Gasteiger charge is -2.15. The lowest BCUT2D eigenvalue weighted by atomic mass is 10.1. The van der Waals surface area contributed by atoms with Crippen molar-refractivity contribution in [1.29, 1.82) is 0 Å². The third-order valence-corrected chi connectivity index (χ3v) is 2.77. The maximum Gasteiger partial charge on any atom is 0.227 e. The summed E-state index contributed by atoms with van der Waals surface area (Å²) in [4.78, 5) is 28.0. The first-order valence-electron chi connectivity index (χ1n) is 4.79. The number of hydrogen-bond donors (Lipinski definition) is 1. The molecule has 0 saturated carbocycles. The molecule has 0 aliphatic carbocycles. The van der Waals surface area contributed by atoms with Crippen LogP contribution < -0.4 is 10.6 Å². The molecule has 16 heavy (non-hydrogen) atoms. The number of nitrogens with zero attached hydrogens (tertiary/aromatic N) is 2. The Hall–Kier alpha value is -1.62. The van der Waals surface area contributed by atoms with Gasteiger partial charge in [0.2, 0.25) is 11.8 Å². The van der Waals surface area contributed by atoms with Gasteiger partial charge in [-0.15, -0.1) is 0 Å². The van der Waals surface area contributed by atoms with Gasteiger partial charge in [-0.05, 0) is 12.1 Å². The molecule has 1 aliphatic heterocycles. The van der Waals surface area contributed by atoms with Gasteiger partial charge in [0.1, 0.15) is 5.15 Å². The predicted molar refractivity (Wildman–Crippen MR) is 58.9 cm³/mol. The number of aromatic nitrogens is 1. The quantitative estimate of drug-likeness (QED) is 0.767. The summed E-state index contributed by atoms with van der Waals surface area (Å²) < 4.78 is 0. The normalized spacial score (nSPS) is 20.2. The molecule has 1 saturated heterocycles. The van der Waals surface area contributed by atoms with Crippen LogP contribution in [0.15, 0.2) is 18.3 Å². The van der Waals surface area contributed by atoms with E-state index in [4.69, 9.17) is 17.3 Å². The van der Waals surface area contributed by atoms with E-state index in [0.29, 0.717) is 17.4 Å². The second kappa shape index (κ2) is 4.09. The zero-order valence-corrected chi connectivity index (χ0v) is 9.15. The van der Waals surface area contributed by atoms with Crippen molar-refractivity contribution in [3.8, 4) is 0 Å². The van der Waals surface area contributed by atoms with E-state index in [9.17, 15) is 9.59 Å². The average Bonchev–Trinajstić information content (AvgIpc) is 2.62. The summed E-state index contributed by atoms with van der Waals surface area (Å²) in [5.41, 5.74) is 5.81. The molecule has 2 amide bonds. The average molecular weight is 240 g/mol. The summed E-state index contributed by atoms with van der Waals surface area (Å²) >= 11 is 5.65. The Morgan fingerprint density at radius 1 is 1.56 bits per heavy atom. The Balaban J connectivity index is 2.20. The van der Waals surface area contributed by atoms with Crippen molar-refractivity contribution < 1.29 is 9.59 Å². The zero-order chi connectivity index (χ0) is 11.7. The summed E-state index contributed by atoms with van der Waals surface area (Å²) in [6.45, 7) is 0.317. The highest BCUT2D eigenvalue weighted by atomic mass is 35.5. The third-order valence-electron chi connectivity index (χ3n) is 2.55. The number of primary amides is 1. The smallest absolute Gasteiger partial charge is 0.227 e. The molecule has 5 nitrogen and oxygen atoms in total. The van der Waals surface area contributed by atoms with Crippen LogP contribution in [0.3, 0.4) is 0 Å². The standard InChI is InChI=1S/C10H10ClN3O2/c11-8-2-1-7(4-13-8)14-5-6(10(12)16)3-9(14)15/h1-2,4,6H,3,5H2,(H2,12,16). The first-order chi connectivity index (χ1) is 7.58. The number of halogens is 1. The highest BCUT2D eigenvalue weighted by Crippen LogP contribution is 2.24. The van der Waals surface area contributed by atoms with Crippen molar-refractivity contribution in [1.82, 2.24) is 4.98 Å². The Morgan fingerprint density at radius 3 is 2.81 bits per heavy atom. The molecule has 1 fully saturated rings. The maximum absolute atomic E-state index is 11.6. The Morgan fingerprint density at radius 2 is 2.31 bits per heavy atom. The Kier molecular flexibility index (Phi) is 2.78. The minimum absolute atomic E-state index is 0.118. The lowest BCUT2D eigenvalue weighted by molar-refractivity contribution is -0.123. The van der Waals surface area contributed by atoms with Gasteiger partial charge in [0.15, 0.2) is 0 Å². The van der Waals surface area contributed by atoms with Crippen LogP contribution in [0.5, 0.6) is 0 Å². The molecule has 2 rings (SSSR count). The summed E-state index contributed by atoms with van der Waals surface area (Å²) in [6.07, 6.45) is 1.67. The largest absolute Gasteiger partial charge is 0.369 e. The van der Waals surface area contributed by atoms with Gasteiger partial charge in [-0.2, -0.15) is 0 Å². The van der Waals surface area contributed by atoms with Crippen LogP contribution in [-0.4, -0.2) is 23.3 Å². The zero-order valence-electron chi connectivity index (χ0n) is 8.39. The van der Waals surface area contributed by atoms with Crippen molar-refractivity contribution in [2.75, 3.05) is 11.4 Å². The highest BCUT2D eigenvalue weighted by molar-refractivity contribution is 6.29. The number of hydrogen-bond acceptors (Lipinski definition) is 3. The molecule has 0 spiro atoms. The molecular formula is C10H10ClN3O2. The van der Waals surface area contributed by atoms with E-state index in [2.05, 4.69) is 4.98 Å². The van der Waals surface area contributed by atoms with Gasteiger partial charge in [-0.1, -0.05) is 11.6 Å². The third kappa shape index (κ3) is 1.99. The lowest BCUT2D eigenvalue weighted by Crippen LogP contribution is -2.28. The molecule has 2 N–H and O–H groups in total. The van der Waals surface area contributed by atoms with Crippen LogP contribution in [0.4, 0.5) is 5.69 Å². The van der Waals surface area contributed by atoms with Gasteiger partial charge in [0.25, 0.3) is 0 Å². The van der Waals surface area contributed by atoms with E-state index < -0.39 is 11.8 Å². The van der Waals surface area contributed by atoms with E-state index in [-0.39, 0.29) is 12.3 Å². The van der Waals surface area contributed by atoms with Crippen molar-refractivity contribution in [3.05, 3.63) is 23.5 Å². The first-order valence-corrected chi connectivity index (χ1v) is 5.17. The van der Waals surface area contributed by atoms with Crippen molar-refractivity contribution in [3.63, 3.8) is 0 Å². The molecule has 1 aromatic heterocycles. The number of anilines is 1. The fourth-order valence-electron chi connectivity index (χ4n) is 1.68. The number of amides is 2. The maximum atomic E-state index is 11.6. The van der Waals surface area contributed by atoms with Crippen LogP contribution in [0, 0.1) is 5.92 Å². The van der Waals surface area contributed by atoms with Crippen LogP contribution in [0.25, 0.3) is 0 Å². The fraction of sp³-hybridized carbons (Fsp3) is 0.300. The van der Waals surface area contributed by atoms with Gasteiger partial charge in [0, 0.05) is 13.0 Å². The number of rotatable bonds is 2. The molecule has 1 unspecified atom stereocenters. The highest BCUT2D eigenvalue weighted by Gasteiger charge is 2.33. The van der Waals surface area contributed by atoms with Gasteiger partial charge >= 0.3 is 0 Å². The fourth-order valence-corrected chi connectivity index (χ4v) is 1.79. The van der Waals surface area contributed by atoms with E-state index >= 15 is 0 Å². The van der Waals surface area contributed by atoms with E-state index in [0.717, 1.165) is 0 Å². The predicted octanol–water partition coefficient (Wildman–Crippen LogP) is 0.573. The second-order valence-electron chi connectivity index (χ2n) is 3.65. The SMILES string of the molecule is NC(=O)C1CC(=O)N(c2ccc(Cl)nc2)C1. The van der Waals surface area contributed by atoms with Crippen molar-refractivity contribution in [2.24, 2.45) is 11.7 Å². The molecule has 1 aliphatic rings. The molecule has 0 bridgehead atoms. The summed E-state index contributed by atoms with van der Waals surface area (Å²) in [5, 5.41) is 0.363. The van der Waals surface area contributed by atoms with E-state index in [1.165, 1.54) is 11.1 Å². The molecule has 2 heterocycles. The number of nitrogens with two attached hydrogens (primary N) is 1. The summed E-state index contributed by atoms with van der Waals surface area (Å²) in [6, 6.07) is 3.29. The first kappa shape index (κ1) is 10.9. The van der Waals surface area contributed by atoms with Gasteiger partial charge in [0.05, 0.1) is 17.8 Å². The van der Waals surface area contributed by atoms with E-state index in [1.807, 2.05) is 0 Å². The topological polar surface area (TPSA) is 76.3 Å². The molecule has 1 atom stereocenters. The van der Waals surface area contributed by atoms with Gasteiger partial charge in [-0.25, -0.2) is 4.98 Å². The Bertz CT molecular complexity index is 432. The Labute approximate surface area is 97.2 Å². The second-order valence-corrected chi connectivity index (χ2v) is 4.03. The van der Waals surface area contributed by atoms with Crippen molar-refractivity contribution in [2.45, 2.75) is 6.42 Å². The summed E-state index contributed by atoms with van der Waals surface area (Å²) in [7, 11) is 0. The van der Waals surface area contributed by atoms with Crippen LogP contribution in [0.1, 0.15) is 6.42 Å². The van der Waals surface area contributed by atoms with Crippen molar-refractivity contribution >= 4 is 29.1 Å². The molecule has 6 heteroatoms. The van der Waals surface area contributed by atoms with Gasteiger partial charge < -0.3 is 10.6 Å². The van der Waals surface area contributed by atoms with E-state index in [1.54, 1.807) is 12.1 Å². The van der Waals surface area contributed by atoms with Crippen LogP contribution in [-0.2, 0) is 9.59 Å². The van der Waals surface area contributed by atoms with Crippen LogP contribution in [0.2, 0.25) is 5.15 Å². The minimum atomic E-state index is -0.447.